The highest BCUT2D eigenvalue weighted by atomic mass is 35.5. The summed E-state index contributed by atoms with van der Waals surface area (Å²) in [6, 6.07) is 2.79. The first kappa shape index (κ1) is 16.9. The van der Waals surface area contributed by atoms with E-state index in [4.69, 9.17) is 21.8 Å². The molecule has 0 saturated carbocycles. The first-order valence-electron chi connectivity index (χ1n) is 6.22. The molecule has 0 aliphatic heterocycles. The van der Waals surface area contributed by atoms with Crippen molar-refractivity contribution in [1.29, 1.82) is 0 Å². The Balaban J connectivity index is 3.06. The third-order valence-corrected chi connectivity index (χ3v) is 2.73. The minimum Gasteiger partial charge on any atom is -0.480 e. The average molecular weight is 315 g/mol. The maximum Gasteiger partial charge on any atom is 0.323 e. The Hall–Kier alpha value is -2.15. The number of carbonyl (C=O) groups excluding carboxylic acids is 1. The Morgan fingerprint density at radius 2 is 1.76 bits per heavy atom. The third kappa shape index (κ3) is 5.39. The molecule has 0 bridgehead atoms. The number of pyridine rings is 1. The topological polar surface area (TPSA) is 108 Å². The monoisotopic (exact) mass is 314 g/mol. The van der Waals surface area contributed by atoms with Crippen LogP contribution in [0.2, 0.25) is 5.15 Å². The molecule has 8 heteroatoms. The first-order valence-corrected chi connectivity index (χ1v) is 6.60. The smallest absolute Gasteiger partial charge is 0.323 e. The highest BCUT2D eigenvalue weighted by Gasteiger charge is 2.22. The molecule has 0 aliphatic rings. The Labute approximate surface area is 126 Å². The number of hydrogen-bond acceptors (Lipinski definition) is 4. The second-order valence-electron chi connectivity index (χ2n) is 4.37. The van der Waals surface area contributed by atoms with Crippen molar-refractivity contribution in [2.45, 2.75) is 19.8 Å². The maximum absolute atomic E-state index is 12.2. The lowest BCUT2D eigenvalue weighted by atomic mass is 10.1. The van der Waals surface area contributed by atoms with E-state index in [9.17, 15) is 14.4 Å². The number of hydrogen-bond donors (Lipinski definition) is 2. The van der Waals surface area contributed by atoms with Crippen molar-refractivity contribution in [3.8, 4) is 0 Å². The van der Waals surface area contributed by atoms with Crippen LogP contribution < -0.4 is 0 Å². The van der Waals surface area contributed by atoms with Gasteiger partial charge in [0.05, 0.1) is 0 Å². The Bertz CT molecular complexity index is 545. The molecule has 0 unspecified atom stereocenters. The van der Waals surface area contributed by atoms with Gasteiger partial charge in [0.15, 0.2) is 0 Å². The quantitative estimate of drug-likeness (QED) is 0.734. The largest absolute Gasteiger partial charge is 0.480 e. The molecule has 1 heterocycles. The number of carbonyl (C=O) groups is 3. The van der Waals surface area contributed by atoms with Gasteiger partial charge in [-0.3, -0.25) is 14.4 Å². The van der Waals surface area contributed by atoms with E-state index < -0.39 is 30.9 Å². The van der Waals surface area contributed by atoms with Gasteiger partial charge >= 0.3 is 11.9 Å². The van der Waals surface area contributed by atoms with Crippen LogP contribution >= 0.6 is 11.6 Å². The van der Waals surface area contributed by atoms with E-state index in [0.717, 1.165) is 11.3 Å². The molecule has 21 heavy (non-hydrogen) atoms. The van der Waals surface area contributed by atoms with Crippen molar-refractivity contribution >= 4 is 29.4 Å². The summed E-state index contributed by atoms with van der Waals surface area (Å²) in [5.41, 5.74) is 0.722. The summed E-state index contributed by atoms with van der Waals surface area (Å²) in [6.45, 7) is 0.535. The fourth-order valence-electron chi connectivity index (χ4n) is 1.77. The summed E-state index contributed by atoms with van der Waals surface area (Å²) < 4.78 is 0. The summed E-state index contributed by atoms with van der Waals surface area (Å²) >= 11 is 5.83. The van der Waals surface area contributed by atoms with Crippen molar-refractivity contribution in [2.75, 3.05) is 13.1 Å². The molecule has 0 atom stereocenters. The zero-order valence-corrected chi connectivity index (χ0v) is 12.1. The van der Waals surface area contributed by atoms with Gasteiger partial charge in [-0.2, -0.15) is 0 Å². The highest BCUT2D eigenvalue weighted by Crippen LogP contribution is 2.14. The zero-order valence-electron chi connectivity index (χ0n) is 11.4. The summed E-state index contributed by atoms with van der Waals surface area (Å²) in [5, 5.41) is 17.6. The summed E-state index contributed by atoms with van der Waals surface area (Å²) in [5.74, 6) is -3.29. The van der Waals surface area contributed by atoms with Crippen molar-refractivity contribution < 1.29 is 24.6 Å². The van der Waals surface area contributed by atoms with Crippen molar-refractivity contribution in [2.24, 2.45) is 0 Å². The standard InChI is InChI=1S/C13H15ClN2O5/c1-2-3-9-4-8(5-10(14)15-9)13(21)16(6-11(17)18)7-12(19)20/h4-5H,2-3,6-7H2,1H3,(H,17,18)(H,19,20). The lowest BCUT2D eigenvalue weighted by Crippen LogP contribution is -2.39. The molecular formula is C13H15ClN2O5. The van der Waals surface area contributed by atoms with E-state index in [1.54, 1.807) is 0 Å². The molecule has 0 spiro atoms. The zero-order chi connectivity index (χ0) is 16.0. The van der Waals surface area contributed by atoms with E-state index in [0.29, 0.717) is 12.1 Å². The van der Waals surface area contributed by atoms with Crippen LogP contribution in [0.25, 0.3) is 0 Å². The number of aromatic nitrogens is 1. The van der Waals surface area contributed by atoms with Gasteiger partial charge in [0, 0.05) is 11.3 Å². The van der Waals surface area contributed by atoms with Gasteiger partial charge in [-0.1, -0.05) is 24.9 Å². The number of aryl methyl sites for hydroxylation is 1. The van der Waals surface area contributed by atoms with Gasteiger partial charge in [0.1, 0.15) is 18.2 Å². The van der Waals surface area contributed by atoms with E-state index in [1.807, 2.05) is 6.92 Å². The lowest BCUT2D eigenvalue weighted by molar-refractivity contribution is -0.140. The first-order chi connectivity index (χ1) is 9.83. The van der Waals surface area contributed by atoms with Crippen molar-refractivity contribution in [1.82, 2.24) is 9.88 Å². The molecule has 0 saturated heterocycles. The third-order valence-electron chi connectivity index (χ3n) is 2.54. The van der Waals surface area contributed by atoms with Gasteiger partial charge in [-0.05, 0) is 18.6 Å². The number of amides is 1. The second-order valence-corrected chi connectivity index (χ2v) is 4.76. The van der Waals surface area contributed by atoms with Crippen LogP contribution in [0.1, 0.15) is 29.4 Å². The predicted octanol–water partition coefficient (Wildman–Crippen LogP) is 1.30. The molecule has 0 aromatic carbocycles. The Morgan fingerprint density at radius 3 is 2.24 bits per heavy atom. The van der Waals surface area contributed by atoms with Gasteiger partial charge in [0.25, 0.3) is 5.91 Å². The van der Waals surface area contributed by atoms with Crippen LogP contribution in [0.15, 0.2) is 12.1 Å². The van der Waals surface area contributed by atoms with Crippen LogP contribution in [-0.4, -0.2) is 51.0 Å². The number of halogens is 1. The molecule has 0 fully saturated rings. The van der Waals surface area contributed by atoms with Gasteiger partial charge in [-0.15, -0.1) is 0 Å². The fraction of sp³-hybridized carbons (Fsp3) is 0.385. The summed E-state index contributed by atoms with van der Waals surface area (Å²) in [6.07, 6.45) is 1.41. The minimum absolute atomic E-state index is 0.106. The maximum atomic E-state index is 12.2. The molecule has 7 nitrogen and oxygen atoms in total. The number of carboxylic acids is 2. The molecule has 114 valence electrons. The summed E-state index contributed by atoms with van der Waals surface area (Å²) in [7, 11) is 0. The Morgan fingerprint density at radius 1 is 1.19 bits per heavy atom. The molecule has 0 aliphatic carbocycles. The van der Waals surface area contributed by atoms with E-state index >= 15 is 0 Å². The minimum atomic E-state index is -1.29. The SMILES string of the molecule is CCCc1cc(C(=O)N(CC(=O)O)CC(=O)O)cc(Cl)n1. The molecule has 2 N–H and O–H groups in total. The van der Waals surface area contributed by atoms with Crippen LogP contribution in [0, 0.1) is 0 Å². The number of rotatable bonds is 7. The van der Waals surface area contributed by atoms with Crippen LogP contribution in [0.5, 0.6) is 0 Å². The van der Waals surface area contributed by atoms with Gasteiger partial charge in [0.2, 0.25) is 0 Å². The number of nitrogens with zero attached hydrogens (tertiary/aromatic N) is 2. The summed E-state index contributed by atoms with van der Waals surface area (Å²) in [4.78, 5) is 38.5. The van der Waals surface area contributed by atoms with Crippen LogP contribution in [0.3, 0.4) is 0 Å². The molecule has 1 aromatic rings. The van der Waals surface area contributed by atoms with Gasteiger partial charge in [-0.25, -0.2) is 4.98 Å². The van der Waals surface area contributed by atoms with E-state index in [-0.39, 0.29) is 10.7 Å². The van der Waals surface area contributed by atoms with Crippen LogP contribution in [-0.2, 0) is 16.0 Å². The lowest BCUT2D eigenvalue weighted by Gasteiger charge is -2.18. The fourth-order valence-corrected chi connectivity index (χ4v) is 1.99. The second kappa shape index (κ2) is 7.58. The van der Waals surface area contributed by atoms with Crippen molar-refractivity contribution in [3.63, 3.8) is 0 Å². The van der Waals surface area contributed by atoms with E-state index in [1.165, 1.54) is 12.1 Å². The van der Waals surface area contributed by atoms with Crippen LogP contribution in [0.4, 0.5) is 0 Å². The number of aliphatic carboxylic acids is 2. The normalized spacial score (nSPS) is 10.2. The predicted molar refractivity (Wildman–Crippen MR) is 74.4 cm³/mol. The molecule has 0 radical (unpaired) electrons. The Kier molecular flexibility index (Phi) is 6.10. The molecule has 1 rings (SSSR count). The van der Waals surface area contributed by atoms with Gasteiger partial charge < -0.3 is 15.1 Å². The highest BCUT2D eigenvalue weighted by molar-refractivity contribution is 6.29. The van der Waals surface area contributed by atoms with Crippen molar-refractivity contribution in [3.05, 3.63) is 28.5 Å². The molecule has 1 amide bonds. The number of carboxylic acid groups (broad SMARTS) is 2. The van der Waals surface area contributed by atoms with E-state index in [2.05, 4.69) is 4.98 Å². The average Bonchev–Trinajstić information content (AvgIpc) is 2.35. The molecular weight excluding hydrogens is 300 g/mol. The molecule has 1 aromatic heterocycles.